The van der Waals surface area contributed by atoms with Gasteiger partial charge >= 0.3 is 0 Å². The number of benzene rings is 2. The highest BCUT2D eigenvalue weighted by Crippen LogP contribution is 2.34. The van der Waals surface area contributed by atoms with E-state index >= 15 is 0 Å². The van der Waals surface area contributed by atoms with E-state index in [0.717, 1.165) is 41.2 Å². The average Bonchev–Trinajstić information content (AvgIpc) is 2.74. The lowest BCUT2D eigenvalue weighted by molar-refractivity contribution is -0.118. The second-order valence-electron chi connectivity index (χ2n) is 7.15. The third kappa shape index (κ3) is 3.97. The minimum atomic E-state index is -3.43. The number of rotatable bonds is 4. The zero-order valence-electron chi connectivity index (χ0n) is 15.7. The topological polar surface area (TPSA) is 57.7 Å². The van der Waals surface area contributed by atoms with E-state index < -0.39 is 10.0 Å². The third-order valence-electron chi connectivity index (χ3n) is 5.26. The van der Waals surface area contributed by atoms with Crippen molar-refractivity contribution in [2.24, 2.45) is 0 Å². The fraction of sp³-hybridized carbons (Fsp3) is 0.381. The Morgan fingerprint density at radius 2 is 1.64 bits per heavy atom. The molecule has 2 heterocycles. The number of carbonyl (C=O) groups is 1. The van der Waals surface area contributed by atoms with Crippen LogP contribution in [0.5, 0.6) is 0 Å². The normalized spacial score (nSPS) is 17.9. The van der Waals surface area contributed by atoms with Gasteiger partial charge in [-0.25, -0.2) is 8.42 Å². The second-order valence-corrected chi connectivity index (χ2v) is 10.2. The lowest BCUT2D eigenvalue weighted by Gasteiger charge is -2.29. The molecule has 0 N–H and O–H groups in total. The Balaban J connectivity index is 1.47. The first-order chi connectivity index (χ1) is 13.6. The van der Waals surface area contributed by atoms with Gasteiger partial charge in [0.05, 0.1) is 17.0 Å². The van der Waals surface area contributed by atoms with Crippen molar-refractivity contribution in [2.75, 3.05) is 30.3 Å². The predicted molar refractivity (Wildman–Crippen MR) is 112 cm³/mol. The summed E-state index contributed by atoms with van der Waals surface area (Å²) < 4.78 is 27.1. The van der Waals surface area contributed by atoms with E-state index in [2.05, 4.69) is 0 Å². The summed E-state index contributed by atoms with van der Waals surface area (Å²) in [5.41, 5.74) is 1.80. The number of fused-ring (bicyclic) bond motifs is 1. The van der Waals surface area contributed by atoms with Crippen LogP contribution in [0.4, 0.5) is 5.69 Å². The molecule has 1 saturated heterocycles. The third-order valence-corrected chi connectivity index (χ3v) is 8.22. The van der Waals surface area contributed by atoms with Gasteiger partial charge in [0.15, 0.2) is 0 Å². The van der Waals surface area contributed by atoms with Crippen molar-refractivity contribution in [1.29, 1.82) is 0 Å². The molecule has 7 heteroatoms. The van der Waals surface area contributed by atoms with Gasteiger partial charge in [-0.15, -0.1) is 11.8 Å². The molecule has 0 saturated carbocycles. The van der Waals surface area contributed by atoms with Gasteiger partial charge in [-0.3, -0.25) is 4.79 Å². The minimum Gasteiger partial charge on any atom is -0.310 e. The number of para-hydroxylation sites is 1. The molecular weight excluding hydrogens is 392 g/mol. The molecular formula is C21H24N2O3S2. The van der Waals surface area contributed by atoms with Gasteiger partial charge in [0.1, 0.15) is 0 Å². The first-order valence-corrected chi connectivity index (χ1v) is 12.1. The molecule has 5 nitrogen and oxygen atoms in total. The van der Waals surface area contributed by atoms with Crippen LogP contribution >= 0.6 is 11.8 Å². The van der Waals surface area contributed by atoms with Gasteiger partial charge in [0, 0.05) is 30.3 Å². The van der Waals surface area contributed by atoms with Crippen LogP contribution in [0.25, 0.3) is 0 Å². The van der Waals surface area contributed by atoms with E-state index in [1.54, 1.807) is 40.3 Å². The summed E-state index contributed by atoms with van der Waals surface area (Å²) in [7, 11) is -3.43. The van der Waals surface area contributed by atoms with E-state index in [4.69, 9.17) is 0 Å². The van der Waals surface area contributed by atoms with Crippen molar-refractivity contribution in [1.82, 2.24) is 4.31 Å². The molecule has 28 heavy (non-hydrogen) atoms. The Kier molecular flexibility index (Phi) is 5.75. The maximum atomic E-state index is 12.8. The highest BCUT2D eigenvalue weighted by atomic mass is 32.2. The maximum Gasteiger partial charge on any atom is 0.243 e. The molecule has 0 spiro atoms. The van der Waals surface area contributed by atoms with Gasteiger partial charge in [-0.2, -0.15) is 4.31 Å². The molecule has 2 aliphatic heterocycles. The van der Waals surface area contributed by atoms with Crippen LogP contribution in [0.15, 0.2) is 58.3 Å². The van der Waals surface area contributed by atoms with Crippen molar-refractivity contribution >= 4 is 33.4 Å². The Morgan fingerprint density at radius 3 is 2.39 bits per heavy atom. The van der Waals surface area contributed by atoms with E-state index in [1.165, 1.54) is 0 Å². The van der Waals surface area contributed by atoms with Crippen molar-refractivity contribution < 1.29 is 13.2 Å². The Hall–Kier alpha value is -1.83. The van der Waals surface area contributed by atoms with Crippen LogP contribution in [0, 0.1) is 0 Å². The fourth-order valence-corrected chi connectivity index (χ4v) is 6.24. The lowest BCUT2D eigenvalue weighted by atomic mass is 10.1. The summed E-state index contributed by atoms with van der Waals surface area (Å²) in [5.74, 6) is 0.926. The largest absolute Gasteiger partial charge is 0.310 e. The van der Waals surface area contributed by atoms with E-state index in [-0.39, 0.29) is 12.3 Å². The molecule has 0 aliphatic carbocycles. The average molecular weight is 417 g/mol. The Bertz CT molecular complexity index is 952. The Morgan fingerprint density at radius 1 is 0.929 bits per heavy atom. The monoisotopic (exact) mass is 416 g/mol. The number of hydrogen-bond donors (Lipinski definition) is 0. The molecule has 2 aliphatic rings. The van der Waals surface area contributed by atoms with Gasteiger partial charge in [0.25, 0.3) is 0 Å². The quantitative estimate of drug-likeness (QED) is 0.765. The van der Waals surface area contributed by atoms with E-state index in [1.807, 2.05) is 29.2 Å². The van der Waals surface area contributed by atoms with Gasteiger partial charge in [0.2, 0.25) is 15.9 Å². The Labute approximate surface area is 170 Å². The molecule has 0 aromatic heterocycles. The number of carbonyl (C=O) groups excluding carboxylic acids is 1. The van der Waals surface area contributed by atoms with Gasteiger partial charge in [-0.1, -0.05) is 30.7 Å². The molecule has 0 atom stereocenters. The summed E-state index contributed by atoms with van der Waals surface area (Å²) in [6.07, 6.45) is 3.19. The predicted octanol–water partition coefficient (Wildman–Crippen LogP) is 3.54. The van der Waals surface area contributed by atoms with E-state index in [0.29, 0.717) is 24.5 Å². The van der Waals surface area contributed by atoms with Crippen LogP contribution in [-0.2, 0) is 21.2 Å². The number of thioether (sulfide) groups is 1. The SMILES string of the molecule is O=C(Cc1ccc(S(=O)(=O)N2CCCCC2)cc1)N1CCSc2ccccc21. The number of sulfonamides is 1. The highest BCUT2D eigenvalue weighted by molar-refractivity contribution is 7.99. The second kappa shape index (κ2) is 8.27. The molecule has 0 unspecified atom stereocenters. The molecule has 1 amide bonds. The first kappa shape index (κ1) is 19.5. The van der Waals surface area contributed by atoms with Crippen LogP contribution in [0.1, 0.15) is 24.8 Å². The lowest BCUT2D eigenvalue weighted by Crippen LogP contribution is -2.36. The molecule has 2 aromatic carbocycles. The van der Waals surface area contributed by atoms with Crippen LogP contribution in [-0.4, -0.2) is 44.0 Å². The number of hydrogen-bond acceptors (Lipinski definition) is 4. The van der Waals surface area contributed by atoms with Gasteiger partial charge in [-0.05, 0) is 42.7 Å². The highest BCUT2D eigenvalue weighted by Gasteiger charge is 2.26. The summed E-state index contributed by atoms with van der Waals surface area (Å²) >= 11 is 1.77. The summed E-state index contributed by atoms with van der Waals surface area (Å²) in [4.78, 5) is 16.1. The van der Waals surface area contributed by atoms with Gasteiger partial charge < -0.3 is 4.90 Å². The summed E-state index contributed by atoms with van der Waals surface area (Å²) in [6, 6.07) is 14.7. The van der Waals surface area contributed by atoms with Crippen molar-refractivity contribution in [3.63, 3.8) is 0 Å². The fourth-order valence-electron chi connectivity index (χ4n) is 3.73. The molecule has 4 rings (SSSR count). The number of piperidine rings is 1. The standard InChI is InChI=1S/C21H24N2O3S2/c24-21(23-14-15-27-20-7-3-2-6-19(20)23)16-17-8-10-18(11-9-17)28(25,26)22-12-4-1-5-13-22/h2-3,6-11H,1,4-5,12-16H2. The molecule has 2 aromatic rings. The van der Waals surface area contributed by atoms with Crippen LogP contribution in [0.2, 0.25) is 0 Å². The smallest absolute Gasteiger partial charge is 0.243 e. The van der Waals surface area contributed by atoms with Crippen molar-refractivity contribution in [3.8, 4) is 0 Å². The molecule has 0 bridgehead atoms. The van der Waals surface area contributed by atoms with Crippen molar-refractivity contribution in [3.05, 3.63) is 54.1 Å². The zero-order chi connectivity index (χ0) is 19.6. The number of amides is 1. The minimum absolute atomic E-state index is 0.0411. The number of nitrogens with zero attached hydrogens (tertiary/aromatic N) is 2. The number of anilines is 1. The summed E-state index contributed by atoms with van der Waals surface area (Å²) in [6.45, 7) is 1.88. The van der Waals surface area contributed by atoms with Crippen LogP contribution in [0.3, 0.4) is 0 Å². The molecule has 0 radical (unpaired) electrons. The van der Waals surface area contributed by atoms with Crippen LogP contribution < -0.4 is 4.90 Å². The summed E-state index contributed by atoms with van der Waals surface area (Å²) in [5, 5.41) is 0. The maximum absolute atomic E-state index is 12.8. The molecule has 148 valence electrons. The first-order valence-electron chi connectivity index (χ1n) is 9.67. The zero-order valence-corrected chi connectivity index (χ0v) is 17.3. The van der Waals surface area contributed by atoms with Crippen molar-refractivity contribution in [2.45, 2.75) is 35.5 Å². The molecule has 1 fully saturated rings. The van der Waals surface area contributed by atoms with E-state index in [9.17, 15) is 13.2 Å².